The van der Waals surface area contributed by atoms with Crippen LogP contribution in [-0.2, 0) is 16.1 Å². The number of aromatic nitrogens is 2. The Morgan fingerprint density at radius 1 is 1.22 bits per heavy atom. The van der Waals surface area contributed by atoms with Crippen molar-refractivity contribution >= 4 is 63.3 Å². The molecule has 1 amide bonds. The van der Waals surface area contributed by atoms with E-state index in [-0.39, 0.29) is 23.6 Å². The van der Waals surface area contributed by atoms with Crippen molar-refractivity contribution in [2.45, 2.75) is 6.54 Å². The van der Waals surface area contributed by atoms with Gasteiger partial charge in [0.1, 0.15) is 15.8 Å². The van der Waals surface area contributed by atoms with Gasteiger partial charge in [-0.2, -0.15) is 0 Å². The number of carbonyl (C=O) groups is 1. The summed E-state index contributed by atoms with van der Waals surface area (Å²) in [4.78, 5) is 32.7. The number of ether oxygens (including phenoxy) is 1. The highest BCUT2D eigenvalue weighted by atomic mass is 35.5. The lowest BCUT2D eigenvalue weighted by atomic mass is 10.2. The molecular formula is C22H19ClN4O3S2. The highest BCUT2D eigenvalue weighted by Gasteiger charge is 2.33. The second-order valence-electron chi connectivity index (χ2n) is 6.89. The van der Waals surface area contributed by atoms with Crippen LogP contribution in [0.4, 0.5) is 5.82 Å². The SMILES string of the molecule is COCCNc1nc2ccccn2c(=O)c1C=C1SC(=S)N(Cc2ccccc2Cl)C1=O. The molecule has 0 aliphatic carbocycles. The smallest absolute Gasteiger partial charge is 0.267 e. The molecule has 3 aromatic rings. The molecule has 1 N–H and O–H groups in total. The number of fused-ring (bicyclic) bond motifs is 1. The first kappa shape index (κ1) is 22.5. The van der Waals surface area contributed by atoms with E-state index in [1.165, 1.54) is 9.30 Å². The molecule has 4 rings (SSSR count). The highest BCUT2D eigenvalue weighted by Crippen LogP contribution is 2.34. The standard InChI is InChI=1S/C22H19ClN4O3S2/c1-30-11-9-24-19-15(20(28)26-10-5-4-8-18(26)25-19)12-17-21(29)27(22(31)32-17)13-14-6-2-3-7-16(14)23/h2-8,10,12,24H,9,11,13H2,1H3. The van der Waals surface area contributed by atoms with E-state index < -0.39 is 0 Å². The predicted molar refractivity (Wildman–Crippen MR) is 132 cm³/mol. The Balaban J connectivity index is 1.71. The van der Waals surface area contributed by atoms with Crippen molar-refractivity contribution in [3.8, 4) is 0 Å². The summed E-state index contributed by atoms with van der Waals surface area (Å²) in [6.07, 6.45) is 3.19. The van der Waals surface area contributed by atoms with Gasteiger partial charge in [0.2, 0.25) is 0 Å². The lowest BCUT2D eigenvalue weighted by molar-refractivity contribution is -0.122. The maximum Gasteiger partial charge on any atom is 0.267 e. The van der Waals surface area contributed by atoms with Crippen LogP contribution in [0.2, 0.25) is 5.02 Å². The first-order valence-electron chi connectivity index (χ1n) is 9.72. The van der Waals surface area contributed by atoms with Gasteiger partial charge in [-0.25, -0.2) is 4.98 Å². The molecule has 164 valence electrons. The van der Waals surface area contributed by atoms with Crippen LogP contribution in [0.5, 0.6) is 0 Å². The van der Waals surface area contributed by atoms with Gasteiger partial charge in [-0.1, -0.05) is 59.8 Å². The number of anilines is 1. The minimum atomic E-state index is -0.285. The van der Waals surface area contributed by atoms with Crippen molar-refractivity contribution in [1.82, 2.24) is 14.3 Å². The third-order valence-corrected chi connectivity index (χ3v) is 6.55. The Morgan fingerprint density at radius 3 is 2.78 bits per heavy atom. The number of nitrogens with zero attached hydrogens (tertiary/aromatic N) is 3. The van der Waals surface area contributed by atoms with E-state index in [0.29, 0.717) is 38.9 Å². The number of thiocarbonyl (C=S) groups is 1. The maximum absolute atomic E-state index is 13.2. The zero-order valence-electron chi connectivity index (χ0n) is 17.1. The summed E-state index contributed by atoms with van der Waals surface area (Å²) in [6.45, 7) is 1.16. The minimum absolute atomic E-state index is 0.260. The fraction of sp³-hybridized carbons (Fsp3) is 0.182. The molecule has 1 aliphatic heterocycles. The van der Waals surface area contributed by atoms with Crippen molar-refractivity contribution in [3.05, 3.63) is 80.1 Å². The van der Waals surface area contributed by atoms with Crippen molar-refractivity contribution in [1.29, 1.82) is 0 Å². The Labute approximate surface area is 199 Å². The topological polar surface area (TPSA) is 75.9 Å². The first-order valence-corrected chi connectivity index (χ1v) is 11.3. The van der Waals surface area contributed by atoms with E-state index >= 15 is 0 Å². The normalized spacial score (nSPS) is 15.2. The lowest BCUT2D eigenvalue weighted by Gasteiger charge is -2.15. The third-order valence-electron chi connectivity index (χ3n) is 4.80. The molecule has 0 bridgehead atoms. The number of rotatable bonds is 7. The molecule has 1 saturated heterocycles. The molecule has 0 spiro atoms. The van der Waals surface area contributed by atoms with Crippen molar-refractivity contribution in [3.63, 3.8) is 0 Å². The summed E-state index contributed by atoms with van der Waals surface area (Å²) >= 11 is 12.8. The van der Waals surface area contributed by atoms with Gasteiger partial charge < -0.3 is 10.1 Å². The monoisotopic (exact) mass is 486 g/mol. The van der Waals surface area contributed by atoms with Gasteiger partial charge in [-0.3, -0.25) is 18.9 Å². The molecule has 0 saturated carbocycles. The number of hydrogen-bond acceptors (Lipinski definition) is 7. The molecule has 32 heavy (non-hydrogen) atoms. The Kier molecular flexibility index (Phi) is 6.90. The van der Waals surface area contributed by atoms with Crippen molar-refractivity contribution < 1.29 is 9.53 Å². The molecule has 1 fully saturated rings. The quantitative estimate of drug-likeness (QED) is 0.309. The van der Waals surface area contributed by atoms with Gasteiger partial charge in [-0.15, -0.1) is 0 Å². The summed E-state index contributed by atoms with van der Waals surface area (Å²) in [5.74, 6) is 0.106. The van der Waals surface area contributed by atoms with Gasteiger partial charge >= 0.3 is 0 Å². The number of pyridine rings is 1. The third kappa shape index (κ3) is 4.56. The number of carbonyl (C=O) groups excluding carboxylic acids is 1. The first-order chi connectivity index (χ1) is 15.5. The summed E-state index contributed by atoms with van der Waals surface area (Å²) in [5.41, 5.74) is 1.29. The Morgan fingerprint density at radius 2 is 2.00 bits per heavy atom. The Bertz CT molecular complexity index is 1290. The van der Waals surface area contributed by atoms with E-state index in [9.17, 15) is 9.59 Å². The van der Waals surface area contributed by atoms with Crippen LogP contribution in [0, 0.1) is 0 Å². The van der Waals surface area contributed by atoms with E-state index in [1.807, 2.05) is 18.2 Å². The molecular weight excluding hydrogens is 468 g/mol. The number of benzene rings is 1. The summed E-state index contributed by atoms with van der Waals surface area (Å²) in [7, 11) is 1.59. The second-order valence-corrected chi connectivity index (χ2v) is 8.97. The molecule has 0 radical (unpaired) electrons. The molecule has 7 nitrogen and oxygen atoms in total. The number of nitrogens with one attached hydrogen (secondary N) is 1. The van der Waals surface area contributed by atoms with Crippen LogP contribution in [-0.4, -0.2) is 44.8 Å². The largest absolute Gasteiger partial charge is 0.383 e. The fourth-order valence-corrected chi connectivity index (χ4v) is 4.64. The van der Waals surface area contributed by atoms with E-state index in [4.69, 9.17) is 28.6 Å². The average Bonchev–Trinajstić information content (AvgIpc) is 3.05. The summed E-state index contributed by atoms with van der Waals surface area (Å²) in [5, 5.41) is 3.69. The number of methoxy groups -OCH3 is 1. The maximum atomic E-state index is 13.2. The van der Waals surface area contributed by atoms with Crippen LogP contribution in [0.1, 0.15) is 11.1 Å². The minimum Gasteiger partial charge on any atom is -0.383 e. The van der Waals surface area contributed by atoms with E-state index in [2.05, 4.69) is 10.3 Å². The summed E-state index contributed by atoms with van der Waals surface area (Å²) < 4.78 is 6.93. The van der Waals surface area contributed by atoms with Gasteiger partial charge in [0.25, 0.3) is 11.5 Å². The predicted octanol–water partition coefficient (Wildman–Crippen LogP) is 3.81. The van der Waals surface area contributed by atoms with Crippen LogP contribution >= 0.6 is 35.6 Å². The summed E-state index contributed by atoms with van der Waals surface area (Å²) in [6, 6.07) is 12.6. The zero-order valence-corrected chi connectivity index (χ0v) is 19.5. The van der Waals surface area contributed by atoms with Gasteiger partial charge in [0.15, 0.2) is 0 Å². The van der Waals surface area contributed by atoms with E-state index in [0.717, 1.165) is 17.3 Å². The number of thioether (sulfide) groups is 1. The molecule has 0 atom stereocenters. The van der Waals surface area contributed by atoms with Crippen LogP contribution < -0.4 is 10.9 Å². The number of amides is 1. The second kappa shape index (κ2) is 9.83. The van der Waals surface area contributed by atoms with Crippen molar-refractivity contribution in [2.75, 3.05) is 25.6 Å². The molecule has 1 aromatic carbocycles. The average molecular weight is 487 g/mol. The lowest BCUT2D eigenvalue weighted by Crippen LogP contribution is -2.27. The van der Waals surface area contributed by atoms with Crippen molar-refractivity contribution in [2.24, 2.45) is 0 Å². The number of halogens is 1. The van der Waals surface area contributed by atoms with Crippen LogP contribution in [0.25, 0.3) is 11.7 Å². The Hall–Kier alpha value is -2.72. The molecule has 3 heterocycles. The zero-order chi connectivity index (χ0) is 22.7. The van der Waals surface area contributed by atoms with Crippen LogP contribution in [0.15, 0.2) is 58.4 Å². The highest BCUT2D eigenvalue weighted by molar-refractivity contribution is 8.26. The van der Waals surface area contributed by atoms with Gasteiger partial charge in [0, 0.05) is 24.9 Å². The molecule has 0 unspecified atom stereocenters. The molecule has 1 aliphatic rings. The fourth-order valence-electron chi connectivity index (χ4n) is 3.20. The van der Waals surface area contributed by atoms with E-state index in [1.54, 1.807) is 43.6 Å². The molecule has 2 aromatic heterocycles. The van der Waals surface area contributed by atoms with Gasteiger partial charge in [-0.05, 0) is 29.8 Å². The molecule has 10 heteroatoms. The van der Waals surface area contributed by atoms with Gasteiger partial charge in [0.05, 0.1) is 23.6 Å². The van der Waals surface area contributed by atoms with Crippen LogP contribution in [0.3, 0.4) is 0 Å². The number of hydrogen-bond donors (Lipinski definition) is 1.